The number of nitrogen functional groups attached to an aromatic ring is 1. The molecule has 1 saturated heterocycles. The number of likely N-dealkylation sites (N-methyl/N-ethyl adjacent to an activating group) is 1. The van der Waals surface area contributed by atoms with Crippen LogP contribution in [-0.2, 0) is 10.0 Å². The molecule has 2 heterocycles. The average molecular weight is 284 g/mol. The van der Waals surface area contributed by atoms with Crippen molar-refractivity contribution in [3.8, 4) is 0 Å². The van der Waals surface area contributed by atoms with Crippen molar-refractivity contribution >= 4 is 15.8 Å². The predicted octanol–water partition coefficient (Wildman–Crippen LogP) is 0.426. The number of piperidine rings is 1. The topological polar surface area (TPSA) is 88.3 Å². The lowest BCUT2D eigenvalue weighted by molar-refractivity contribution is 0.211. The molecule has 7 heteroatoms. The molecule has 1 aromatic rings. The zero-order chi connectivity index (χ0) is 13.9. The first-order valence-electron chi connectivity index (χ1n) is 6.48. The lowest BCUT2D eigenvalue weighted by atomic mass is 10.1. The molecule has 1 aromatic heterocycles. The van der Waals surface area contributed by atoms with E-state index in [1.165, 1.54) is 12.3 Å². The van der Waals surface area contributed by atoms with Gasteiger partial charge in [0, 0.05) is 18.8 Å². The second-order valence-electron chi connectivity index (χ2n) is 4.74. The van der Waals surface area contributed by atoms with Crippen molar-refractivity contribution in [3.63, 3.8) is 0 Å². The van der Waals surface area contributed by atoms with E-state index in [9.17, 15) is 8.42 Å². The molecule has 2 rings (SSSR count). The predicted molar refractivity (Wildman–Crippen MR) is 74.1 cm³/mol. The Labute approximate surface area is 114 Å². The normalized spacial score (nSPS) is 21.4. The van der Waals surface area contributed by atoms with Gasteiger partial charge in [-0.25, -0.2) is 18.1 Å². The first kappa shape index (κ1) is 14.2. The number of likely N-dealkylation sites (tertiary alicyclic amines) is 1. The summed E-state index contributed by atoms with van der Waals surface area (Å²) in [6, 6.07) is 2.99. The molecule has 1 unspecified atom stereocenters. The first-order chi connectivity index (χ1) is 9.03. The molecule has 3 N–H and O–H groups in total. The summed E-state index contributed by atoms with van der Waals surface area (Å²) in [5.41, 5.74) is 5.62. The number of hydrogen-bond donors (Lipinski definition) is 2. The number of sulfonamides is 1. The summed E-state index contributed by atoms with van der Waals surface area (Å²) in [4.78, 5) is 6.12. The average Bonchev–Trinajstić information content (AvgIpc) is 2.38. The highest BCUT2D eigenvalue weighted by Crippen LogP contribution is 2.17. The Morgan fingerprint density at radius 1 is 1.58 bits per heavy atom. The highest BCUT2D eigenvalue weighted by atomic mass is 32.2. The lowest BCUT2D eigenvalue weighted by Crippen LogP contribution is -2.47. The van der Waals surface area contributed by atoms with Gasteiger partial charge in [0.2, 0.25) is 10.0 Å². The number of nitrogens with two attached hydrogens (primary N) is 1. The summed E-state index contributed by atoms with van der Waals surface area (Å²) in [6.07, 6.45) is 3.34. The Morgan fingerprint density at radius 2 is 2.37 bits per heavy atom. The number of nitrogens with one attached hydrogen (secondary N) is 1. The molecular formula is C12H20N4O2S. The maximum absolute atomic E-state index is 12.3. The maximum Gasteiger partial charge on any atom is 0.244 e. The Morgan fingerprint density at radius 3 is 3.05 bits per heavy atom. The van der Waals surface area contributed by atoms with Crippen molar-refractivity contribution < 1.29 is 8.42 Å². The fraction of sp³-hybridized carbons (Fsp3) is 0.583. The van der Waals surface area contributed by atoms with E-state index in [4.69, 9.17) is 5.73 Å². The van der Waals surface area contributed by atoms with Crippen molar-refractivity contribution in [1.29, 1.82) is 0 Å². The Balaban J connectivity index is 2.11. The fourth-order valence-corrected chi connectivity index (χ4v) is 3.70. The molecule has 1 aliphatic rings. The van der Waals surface area contributed by atoms with Crippen LogP contribution in [-0.4, -0.2) is 44.0 Å². The smallest absolute Gasteiger partial charge is 0.244 e. The monoisotopic (exact) mass is 284 g/mol. The third kappa shape index (κ3) is 3.43. The Bertz CT molecular complexity index is 532. The number of aromatic nitrogens is 1. The summed E-state index contributed by atoms with van der Waals surface area (Å²) in [5, 5.41) is 0. The number of pyridine rings is 1. The first-order valence-corrected chi connectivity index (χ1v) is 7.96. The molecular weight excluding hydrogens is 264 g/mol. The minimum absolute atomic E-state index is 0.0400. The highest BCUT2D eigenvalue weighted by Gasteiger charge is 2.25. The van der Waals surface area contributed by atoms with Gasteiger partial charge < -0.3 is 10.6 Å². The van der Waals surface area contributed by atoms with Gasteiger partial charge >= 0.3 is 0 Å². The molecule has 0 radical (unpaired) electrons. The van der Waals surface area contributed by atoms with Gasteiger partial charge in [0.1, 0.15) is 10.7 Å². The van der Waals surface area contributed by atoms with Crippen LogP contribution in [0.1, 0.15) is 19.8 Å². The van der Waals surface area contributed by atoms with Gasteiger partial charge in [-0.2, -0.15) is 0 Å². The van der Waals surface area contributed by atoms with Crippen molar-refractivity contribution in [3.05, 3.63) is 18.3 Å². The van der Waals surface area contributed by atoms with Gasteiger partial charge in [-0.3, -0.25) is 0 Å². The Kier molecular flexibility index (Phi) is 4.38. The summed E-state index contributed by atoms with van der Waals surface area (Å²) in [5.74, 6) is 0.0400. The van der Waals surface area contributed by atoms with Crippen LogP contribution in [0.3, 0.4) is 0 Å². The van der Waals surface area contributed by atoms with Crippen LogP contribution in [0, 0.1) is 0 Å². The molecule has 106 valence electrons. The van der Waals surface area contributed by atoms with Crippen LogP contribution in [0.25, 0.3) is 0 Å². The van der Waals surface area contributed by atoms with E-state index in [-0.39, 0.29) is 16.8 Å². The van der Waals surface area contributed by atoms with Gasteiger partial charge in [-0.05, 0) is 38.1 Å². The maximum atomic E-state index is 12.3. The van der Waals surface area contributed by atoms with Crippen LogP contribution in [0.5, 0.6) is 0 Å². The zero-order valence-electron chi connectivity index (χ0n) is 11.0. The molecule has 0 spiro atoms. The summed E-state index contributed by atoms with van der Waals surface area (Å²) >= 11 is 0. The van der Waals surface area contributed by atoms with E-state index in [1.807, 2.05) is 0 Å². The lowest BCUT2D eigenvalue weighted by Gasteiger charge is -2.32. The van der Waals surface area contributed by atoms with Gasteiger partial charge in [0.15, 0.2) is 0 Å². The van der Waals surface area contributed by atoms with Crippen LogP contribution in [0.2, 0.25) is 0 Å². The molecule has 0 saturated carbocycles. The largest absolute Gasteiger partial charge is 0.383 e. The molecule has 0 amide bonds. The van der Waals surface area contributed by atoms with Crippen molar-refractivity contribution in [2.75, 3.05) is 25.4 Å². The molecule has 6 nitrogen and oxygen atoms in total. The van der Waals surface area contributed by atoms with Gasteiger partial charge in [0.05, 0.1) is 0 Å². The molecule has 1 fully saturated rings. The van der Waals surface area contributed by atoms with Crippen molar-refractivity contribution in [2.24, 2.45) is 0 Å². The fourth-order valence-electron chi connectivity index (χ4n) is 2.35. The second-order valence-corrected chi connectivity index (χ2v) is 6.42. The van der Waals surface area contributed by atoms with Crippen LogP contribution < -0.4 is 10.5 Å². The van der Waals surface area contributed by atoms with E-state index in [0.29, 0.717) is 0 Å². The second kappa shape index (κ2) is 5.85. The van der Waals surface area contributed by atoms with Crippen LogP contribution in [0.15, 0.2) is 23.2 Å². The third-order valence-electron chi connectivity index (χ3n) is 3.36. The number of rotatable bonds is 4. The number of nitrogens with zero attached hydrogens (tertiary/aromatic N) is 2. The van der Waals surface area contributed by atoms with Crippen molar-refractivity contribution in [1.82, 2.24) is 14.6 Å². The summed E-state index contributed by atoms with van der Waals surface area (Å²) < 4.78 is 27.3. The quantitative estimate of drug-likeness (QED) is 0.837. The summed E-state index contributed by atoms with van der Waals surface area (Å²) in [7, 11) is -3.59. The highest BCUT2D eigenvalue weighted by molar-refractivity contribution is 7.89. The SMILES string of the molecule is CCN1CCCC(NS(=O)(=O)c2cccnc2N)C1. The molecule has 0 aliphatic carbocycles. The van der Waals surface area contributed by atoms with Gasteiger partial charge in [0.25, 0.3) is 0 Å². The number of anilines is 1. The molecule has 0 aromatic carbocycles. The van der Waals surface area contributed by atoms with E-state index in [1.54, 1.807) is 6.07 Å². The van der Waals surface area contributed by atoms with E-state index in [2.05, 4.69) is 21.5 Å². The van der Waals surface area contributed by atoms with Crippen LogP contribution >= 0.6 is 0 Å². The summed E-state index contributed by atoms with van der Waals surface area (Å²) in [6.45, 7) is 4.79. The minimum Gasteiger partial charge on any atom is -0.383 e. The van der Waals surface area contributed by atoms with Gasteiger partial charge in [-0.15, -0.1) is 0 Å². The van der Waals surface area contributed by atoms with Gasteiger partial charge in [-0.1, -0.05) is 6.92 Å². The molecule has 19 heavy (non-hydrogen) atoms. The molecule has 1 atom stereocenters. The van der Waals surface area contributed by atoms with E-state index < -0.39 is 10.0 Å². The molecule has 0 bridgehead atoms. The zero-order valence-corrected chi connectivity index (χ0v) is 11.9. The Hall–Kier alpha value is -1.18. The standard InChI is InChI=1S/C12H20N4O2S/c1-2-16-8-4-5-10(9-16)15-19(17,18)11-6-3-7-14-12(11)13/h3,6-7,10,15H,2,4-5,8-9H2,1H3,(H2,13,14). The number of hydrogen-bond acceptors (Lipinski definition) is 5. The molecule has 1 aliphatic heterocycles. The third-order valence-corrected chi connectivity index (χ3v) is 4.93. The van der Waals surface area contributed by atoms with Crippen LogP contribution in [0.4, 0.5) is 5.82 Å². The van der Waals surface area contributed by atoms with E-state index in [0.717, 1.165) is 32.5 Å². The minimum atomic E-state index is -3.59. The van der Waals surface area contributed by atoms with Crippen molar-refractivity contribution in [2.45, 2.75) is 30.7 Å². The van der Waals surface area contributed by atoms with E-state index >= 15 is 0 Å².